The van der Waals surface area contributed by atoms with E-state index in [9.17, 15) is 19.5 Å². The van der Waals surface area contributed by atoms with Gasteiger partial charge in [-0.3, -0.25) is 9.59 Å². The molecule has 0 atom stereocenters. The fraction of sp³-hybridized carbons (Fsp3) is 0.217. The molecule has 7 heteroatoms. The molecule has 154 valence electrons. The third-order valence-corrected chi connectivity index (χ3v) is 4.57. The van der Waals surface area contributed by atoms with Crippen LogP contribution < -0.4 is 0 Å². The van der Waals surface area contributed by atoms with Crippen molar-refractivity contribution in [2.45, 2.75) is 19.9 Å². The van der Waals surface area contributed by atoms with Crippen LogP contribution in [-0.2, 0) is 25.7 Å². The predicted octanol–water partition coefficient (Wildman–Crippen LogP) is 2.81. The number of amides is 1. The average molecular weight is 406 g/mol. The maximum atomic E-state index is 13.3. The number of esters is 1. The van der Waals surface area contributed by atoms with E-state index in [2.05, 4.69) is 4.99 Å². The third-order valence-electron chi connectivity index (χ3n) is 4.57. The van der Waals surface area contributed by atoms with Crippen molar-refractivity contribution in [1.82, 2.24) is 4.90 Å². The van der Waals surface area contributed by atoms with Crippen LogP contribution in [-0.4, -0.2) is 46.7 Å². The standard InChI is InChI=1S/C23H22N2O5/c1-2-30-20(26)15-25(14-16-9-5-3-6-10-16)22(27)21-18(23(28)29)13-19(24-21)17-11-7-4-8-12-17/h3-12H,2,13-15H2,1H3,(H,28,29). The highest BCUT2D eigenvalue weighted by atomic mass is 16.5. The van der Waals surface area contributed by atoms with Gasteiger partial charge in [0, 0.05) is 13.0 Å². The van der Waals surface area contributed by atoms with Gasteiger partial charge in [0.15, 0.2) is 0 Å². The molecule has 7 nitrogen and oxygen atoms in total. The number of carboxylic acids is 1. The summed E-state index contributed by atoms with van der Waals surface area (Å²) in [7, 11) is 0. The van der Waals surface area contributed by atoms with Crippen LogP contribution in [0, 0.1) is 0 Å². The van der Waals surface area contributed by atoms with Crippen LogP contribution in [0.4, 0.5) is 0 Å². The minimum absolute atomic E-state index is 0.0407. The molecule has 2 aromatic rings. The summed E-state index contributed by atoms with van der Waals surface area (Å²) in [5, 5.41) is 9.64. The van der Waals surface area contributed by atoms with Gasteiger partial charge in [-0.05, 0) is 18.1 Å². The van der Waals surface area contributed by atoms with E-state index in [1.54, 1.807) is 6.92 Å². The Bertz CT molecular complexity index is 997. The van der Waals surface area contributed by atoms with Crippen molar-refractivity contribution in [3.8, 4) is 0 Å². The molecule has 0 aromatic heterocycles. The molecule has 2 aromatic carbocycles. The van der Waals surface area contributed by atoms with E-state index in [0.717, 1.165) is 11.1 Å². The highest BCUT2D eigenvalue weighted by Crippen LogP contribution is 2.26. The van der Waals surface area contributed by atoms with Gasteiger partial charge in [-0.1, -0.05) is 60.7 Å². The zero-order valence-corrected chi connectivity index (χ0v) is 16.6. The number of ether oxygens (including phenoxy) is 1. The summed E-state index contributed by atoms with van der Waals surface area (Å²) in [5.74, 6) is -2.39. The second-order valence-electron chi connectivity index (χ2n) is 6.69. The molecule has 30 heavy (non-hydrogen) atoms. The lowest BCUT2D eigenvalue weighted by Gasteiger charge is -2.22. The number of aliphatic imine (C=N–C) groups is 1. The van der Waals surface area contributed by atoms with E-state index in [0.29, 0.717) is 5.71 Å². The summed E-state index contributed by atoms with van der Waals surface area (Å²) < 4.78 is 4.99. The first-order valence-electron chi connectivity index (χ1n) is 9.57. The van der Waals surface area contributed by atoms with Crippen molar-refractivity contribution in [3.63, 3.8) is 0 Å². The highest BCUT2D eigenvalue weighted by molar-refractivity contribution is 6.15. The Labute approximate surface area is 174 Å². The summed E-state index contributed by atoms with van der Waals surface area (Å²) in [6.45, 7) is 1.70. The van der Waals surface area contributed by atoms with E-state index in [1.165, 1.54) is 4.90 Å². The summed E-state index contributed by atoms with van der Waals surface area (Å²) in [6.07, 6.45) is 0.0407. The monoisotopic (exact) mass is 406 g/mol. The van der Waals surface area contributed by atoms with Gasteiger partial charge in [0.25, 0.3) is 5.91 Å². The summed E-state index contributed by atoms with van der Waals surface area (Å²) in [4.78, 5) is 42.8. The van der Waals surface area contributed by atoms with E-state index in [-0.39, 0.29) is 37.4 Å². The van der Waals surface area contributed by atoms with Gasteiger partial charge in [0.2, 0.25) is 0 Å². The second kappa shape index (κ2) is 9.65. The minimum atomic E-state index is -1.20. The zero-order chi connectivity index (χ0) is 21.5. The van der Waals surface area contributed by atoms with Gasteiger partial charge in [0.1, 0.15) is 12.2 Å². The van der Waals surface area contributed by atoms with Gasteiger partial charge >= 0.3 is 11.9 Å². The molecule has 0 spiro atoms. The van der Waals surface area contributed by atoms with E-state index >= 15 is 0 Å². The largest absolute Gasteiger partial charge is 0.478 e. The number of aliphatic carboxylic acids is 1. The van der Waals surface area contributed by atoms with Crippen molar-refractivity contribution in [3.05, 3.63) is 83.1 Å². The van der Waals surface area contributed by atoms with Gasteiger partial charge < -0.3 is 14.7 Å². The van der Waals surface area contributed by atoms with Gasteiger partial charge in [-0.2, -0.15) is 0 Å². The van der Waals surface area contributed by atoms with E-state index in [1.807, 2.05) is 60.7 Å². The van der Waals surface area contributed by atoms with Crippen molar-refractivity contribution in [2.24, 2.45) is 4.99 Å². The molecule has 0 aliphatic carbocycles. The Morgan fingerprint density at radius 3 is 2.27 bits per heavy atom. The number of carbonyl (C=O) groups is 3. The van der Waals surface area contributed by atoms with Crippen LogP contribution in [0.25, 0.3) is 0 Å². The van der Waals surface area contributed by atoms with Crippen LogP contribution >= 0.6 is 0 Å². The molecule has 0 radical (unpaired) electrons. The quantitative estimate of drug-likeness (QED) is 0.680. The van der Waals surface area contributed by atoms with Gasteiger partial charge in [0.05, 0.1) is 17.9 Å². The van der Waals surface area contributed by atoms with Crippen LogP contribution in [0.15, 0.2) is 76.9 Å². The smallest absolute Gasteiger partial charge is 0.334 e. The molecule has 0 unspecified atom stereocenters. The first kappa shape index (κ1) is 21.0. The van der Waals surface area contributed by atoms with Crippen molar-refractivity contribution >= 4 is 23.6 Å². The minimum Gasteiger partial charge on any atom is -0.478 e. The molecular formula is C23H22N2O5. The number of hydrogen-bond acceptors (Lipinski definition) is 5. The van der Waals surface area contributed by atoms with Crippen molar-refractivity contribution in [1.29, 1.82) is 0 Å². The van der Waals surface area contributed by atoms with Crippen LogP contribution in [0.2, 0.25) is 0 Å². The highest BCUT2D eigenvalue weighted by Gasteiger charge is 2.32. The van der Waals surface area contributed by atoms with Gasteiger partial charge in [-0.25, -0.2) is 9.79 Å². The fourth-order valence-electron chi connectivity index (χ4n) is 3.16. The topological polar surface area (TPSA) is 96.3 Å². The third kappa shape index (κ3) is 5.00. The van der Waals surface area contributed by atoms with Crippen molar-refractivity contribution < 1.29 is 24.2 Å². The molecule has 3 rings (SSSR count). The Morgan fingerprint density at radius 2 is 1.67 bits per heavy atom. The van der Waals surface area contributed by atoms with Crippen LogP contribution in [0.3, 0.4) is 0 Å². The Kier molecular flexibility index (Phi) is 6.75. The van der Waals surface area contributed by atoms with Crippen LogP contribution in [0.5, 0.6) is 0 Å². The maximum Gasteiger partial charge on any atom is 0.334 e. The second-order valence-corrected chi connectivity index (χ2v) is 6.69. The fourth-order valence-corrected chi connectivity index (χ4v) is 3.16. The molecule has 1 heterocycles. The molecule has 1 aliphatic rings. The normalized spacial score (nSPS) is 13.0. The summed E-state index contributed by atoms with van der Waals surface area (Å²) in [6, 6.07) is 18.3. The number of benzene rings is 2. The van der Waals surface area contributed by atoms with E-state index in [4.69, 9.17) is 4.74 Å². The average Bonchev–Trinajstić information content (AvgIpc) is 3.20. The number of carbonyl (C=O) groups excluding carboxylic acids is 2. The van der Waals surface area contributed by atoms with E-state index < -0.39 is 17.8 Å². The number of carboxylic acid groups (broad SMARTS) is 1. The molecule has 0 fully saturated rings. The first-order valence-corrected chi connectivity index (χ1v) is 9.57. The lowest BCUT2D eigenvalue weighted by Crippen LogP contribution is -2.37. The van der Waals surface area contributed by atoms with Crippen molar-refractivity contribution in [2.75, 3.05) is 13.2 Å². The zero-order valence-electron chi connectivity index (χ0n) is 16.6. The van der Waals surface area contributed by atoms with Crippen LogP contribution in [0.1, 0.15) is 24.5 Å². The molecule has 1 amide bonds. The number of hydrogen-bond donors (Lipinski definition) is 1. The summed E-state index contributed by atoms with van der Waals surface area (Å²) >= 11 is 0. The lowest BCUT2D eigenvalue weighted by molar-refractivity contribution is -0.148. The maximum absolute atomic E-state index is 13.3. The molecule has 1 N–H and O–H groups in total. The first-order chi connectivity index (χ1) is 14.5. The number of rotatable bonds is 8. The molecule has 0 saturated heterocycles. The Balaban J connectivity index is 1.93. The predicted molar refractivity (Wildman–Crippen MR) is 111 cm³/mol. The SMILES string of the molecule is CCOC(=O)CN(Cc1ccccc1)C(=O)C1=C(C(=O)O)CC(c2ccccc2)=N1. The summed E-state index contributed by atoms with van der Waals surface area (Å²) in [5.41, 5.74) is 1.83. The molecule has 0 saturated carbocycles. The lowest BCUT2D eigenvalue weighted by atomic mass is 10.0. The molecule has 1 aliphatic heterocycles. The Hall–Kier alpha value is -3.74. The van der Waals surface area contributed by atoms with Gasteiger partial charge in [-0.15, -0.1) is 0 Å². The molecule has 0 bridgehead atoms. The molecular weight excluding hydrogens is 384 g/mol. The number of nitrogens with zero attached hydrogens (tertiary/aromatic N) is 2. The Morgan fingerprint density at radius 1 is 1.03 bits per heavy atom.